The largest absolute Gasteiger partial charge is 0.507 e. The van der Waals surface area contributed by atoms with Crippen LogP contribution in [-0.2, 0) is 9.59 Å². The Bertz CT molecular complexity index is 993. The Kier molecular flexibility index (Phi) is 6.81. The van der Waals surface area contributed by atoms with E-state index in [0.717, 1.165) is 5.56 Å². The minimum Gasteiger partial charge on any atom is -0.507 e. The summed E-state index contributed by atoms with van der Waals surface area (Å²) in [6.07, 6.45) is 0. The van der Waals surface area contributed by atoms with Gasteiger partial charge in [-0.15, -0.1) is 0 Å². The molecule has 2 aromatic carbocycles. The van der Waals surface area contributed by atoms with Crippen molar-refractivity contribution in [2.24, 2.45) is 0 Å². The lowest BCUT2D eigenvalue weighted by Gasteiger charge is -2.26. The van der Waals surface area contributed by atoms with Crippen LogP contribution in [0.25, 0.3) is 5.76 Å². The first-order valence-corrected chi connectivity index (χ1v) is 10.6. The summed E-state index contributed by atoms with van der Waals surface area (Å²) >= 11 is 0. The first-order chi connectivity index (χ1) is 14.7. The predicted octanol–water partition coefficient (Wildman–Crippen LogP) is 2.38. The van der Waals surface area contributed by atoms with Crippen molar-refractivity contribution in [3.63, 3.8) is 0 Å². The summed E-state index contributed by atoms with van der Waals surface area (Å²) in [6, 6.07) is 14.2. The number of Topliss-reactive ketones (excluding diaryl/α,β-unsaturated/α-hetero) is 1. The quantitative estimate of drug-likeness (QED) is 0.408. The highest BCUT2D eigenvalue weighted by molar-refractivity contribution is 6.46. The lowest BCUT2D eigenvalue weighted by Crippen LogP contribution is -3.06. The summed E-state index contributed by atoms with van der Waals surface area (Å²) in [5, 5.41) is 11.1. The summed E-state index contributed by atoms with van der Waals surface area (Å²) < 4.78 is 5.25. The van der Waals surface area contributed by atoms with Gasteiger partial charge in [-0.1, -0.05) is 50.2 Å². The van der Waals surface area contributed by atoms with Crippen molar-refractivity contribution in [1.29, 1.82) is 0 Å². The molecule has 6 nitrogen and oxygen atoms in total. The fourth-order valence-corrected chi connectivity index (χ4v) is 3.79. The number of amides is 1. The predicted molar refractivity (Wildman–Crippen MR) is 120 cm³/mol. The van der Waals surface area contributed by atoms with Crippen LogP contribution < -0.4 is 9.64 Å². The van der Waals surface area contributed by atoms with E-state index >= 15 is 0 Å². The molecule has 1 amide bonds. The molecule has 0 bridgehead atoms. The Labute approximate surface area is 183 Å². The first kappa shape index (κ1) is 22.6. The second-order valence-electron chi connectivity index (χ2n) is 8.50. The number of ketones is 1. The zero-order valence-electron chi connectivity index (χ0n) is 18.8. The molecule has 0 unspecified atom stereocenters. The lowest BCUT2D eigenvalue weighted by atomic mass is 9.93. The number of hydrogen-bond donors (Lipinski definition) is 2. The van der Waals surface area contributed by atoms with Crippen molar-refractivity contribution in [1.82, 2.24) is 4.90 Å². The Hall–Kier alpha value is -3.12. The van der Waals surface area contributed by atoms with Gasteiger partial charge in [0.05, 0.1) is 45.9 Å². The smallest absolute Gasteiger partial charge is 0.295 e. The van der Waals surface area contributed by atoms with Crippen LogP contribution in [-0.4, -0.2) is 56.0 Å². The van der Waals surface area contributed by atoms with Crippen LogP contribution in [0.2, 0.25) is 0 Å². The molecular weight excluding hydrogens is 392 g/mol. The zero-order valence-corrected chi connectivity index (χ0v) is 18.8. The number of hydrogen-bond acceptors (Lipinski definition) is 4. The van der Waals surface area contributed by atoms with Crippen molar-refractivity contribution < 1.29 is 24.3 Å². The molecule has 1 aliphatic rings. The van der Waals surface area contributed by atoms with Gasteiger partial charge in [-0.25, -0.2) is 0 Å². The van der Waals surface area contributed by atoms with E-state index in [1.165, 1.54) is 17.6 Å². The maximum Gasteiger partial charge on any atom is 0.295 e. The molecule has 1 fully saturated rings. The molecule has 164 valence electrons. The standard InChI is InChI=1S/C25H30N2O4/c1-16(2)17-9-11-18(12-10-17)22-21(23(28)19-7-6-8-20(15-19)31-5)24(29)25(30)27(22)14-13-26(3)4/h6-12,15-16,22,28H,13-14H2,1-5H3/p+1/t22-/m1/s1. The molecule has 0 aromatic heterocycles. The third kappa shape index (κ3) is 4.64. The Balaban J connectivity index is 2.13. The highest BCUT2D eigenvalue weighted by Crippen LogP contribution is 2.39. The molecule has 0 saturated carbocycles. The van der Waals surface area contributed by atoms with E-state index in [1.54, 1.807) is 29.2 Å². The average molecular weight is 424 g/mol. The van der Waals surface area contributed by atoms with E-state index in [4.69, 9.17) is 4.74 Å². The molecule has 1 aliphatic heterocycles. The minimum absolute atomic E-state index is 0.115. The van der Waals surface area contributed by atoms with Gasteiger partial charge in [0.15, 0.2) is 0 Å². The molecule has 2 N–H and O–H groups in total. The SMILES string of the molecule is COc1cccc(C(O)=C2C(=O)C(=O)N(CC[NH+](C)C)[C@@H]2c2ccc(C(C)C)cc2)c1. The molecule has 6 heteroatoms. The van der Waals surface area contributed by atoms with Crippen molar-refractivity contribution >= 4 is 17.4 Å². The van der Waals surface area contributed by atoms with Crippen LogP contribution in [0.4, 0.5) is 0 Å². The molecule has 1 heterocycles. The van der Waals surface area contributed by atoms with Crippen LogP contribution in [0.5, 0.6) is 5.75 Å². The topological polar surface area (TPSA) is 71.3 Å². The fraction of sp³-hybridized carbons (Fsp3) is 0.360. The van der Waals surface area contributed by atoms with Crippen molar-refractivity contribution in [3.05, 3.63) is 70.8 Å². The van der Waals surface area contributed by atoms with Gasteiger partial charge >= 0.3 is 0 Å². The molecule has 1 saturated heterocycles. The van der Waals surface area contributed by atoms with Gasteiger partial charge in [0.1, 0.15) is 11.5 Å². The average Bonchev–Trinajstić information content (AvgIpc) is 3.01. The molecule has 31 heavy (non-hydrogen) atoms. The van der Waals surface area contributed by atoms with Crippen LogP contribution >= 0.6 is 0 Å². The summed E-state index contributed by atoms with van der Waals surface area (Å²) in [5.74, 6) is -0.493. The third-order valence-electron chi connectivity index (χ3n) is 5.65. The zero-order chi connectivity index (χ0) is 22.7. The van der Waals surface area contributed by atoms with Crippen molar-refractivity contribution in [3.8, 4) is 5.75 Å². The first-order valence-electron chi connectivity index (χ1n) is 10.6. The van der Waals surface area contributed by atoms with Gasteiger partial charge in [0, 0.05) is 5.56 Å². The maximum atomic E-state index is 13.0. The van der Waals surface area contributed by atoms with Gasteiger partial charge in [-0.3, -0.25) is 9.59 Å². The number of likely N-dealkylation sites (tertiary alicyclic amines) is 1. The van der Waals surface area contributed by atoms with Gasteiger partial charge in [-0.05, 0) is 29.2 Å². The summed E-state index contributed by atoms with van der Waals surface area (Å²) in [6.45, 7) is 5.33. The number of nitrogens with one attached hydrogen (secondary N) is 1. The van der Waals surface area contributed by atoms with Crippen LogP contribution in [0.1, 0.15) is 42.5 Å². The van der Waals surface area contributed by atoms with Crippen LogP contribution in [0.3, 0.4) is 0 Å². The lowest BCUT2D eigenvalue weighted by molar-refractivity contribution is -0.857. The number of quaternary nitrogens is 1. The van der Waals surface area contributed by atoms with E-state index in [1.807, 2.05) is 38.4 Å². The number of methoxy groups -OCH3 is 1. The molecular formula is C25H31N2O4+. The van der Waals surface area contributed by atoms with E-state index in [0.29, 0.717) is 30.3 Å². The monoisotopic (exact) mass is 423 g/mol. The van der Waals surface area contributed by atoms with Gasteiger partial charge in [0.25, 0.3) is 11.7 Å². The highest BCUT2D eigenvalue weighted by Gasteiger charge is 2.46. The summed E-state index contributed by atoms with van der Waals surface area (Å²) in [7, 11) is 5.54. The van der Waals surface area contributed by atoms with Gasteiger partial charge in [0.2, 0.25) is 0 Å². The van der Waals surface area contributed by atoms with Gasteiger partial charge in [-0.2, -0.15) is 0 Å². The van der Waals surface area contributed by atoms with E-state index in [9.17, 15) is 14.7 Å². The second-order valence-corrected chi connectivity index (χ2v) is 8.50. The number of carbonyl (C=O) groups is 2. The normalized spacial score (nSPS) is 18.3. The number of nitrogens with zero attached hydrogens (tertiary/aromatic N) is 1. The number of carbonyl (C=O) groups excluding carboxylic acids is 2. The molecule has 0 aliphatic carbocycles. The summed E-state index contributed by atoms with van der Waals surface area (Å²) in [5.41, 5.74) is 2.54. The van der Waals surface area contributed by atoms with Gasteiger partial charge < -0.3 is 19.6 Å². The molecule has 1 atom stereocenters. The highest BCUT2D eigenvalue weighted by atomic mass is 16.5. The number of aliphatic hydroxyl groups excluding tert-OH is 1. The Morgan fingerprint density at radius 1 is 1.13 bits per heavy atom. The number of ether oxygens (including phenoxy) is 1. The van der Waals surface area contributed by atoms with E-state index < -0.39 is 17.7 Å². The number of aliphatic hydroxyl groups is 1. The number of likely N-dealkylation sites (N-methyl/N-ethyl adjacent to an activating group) is 1. The molecule has 0 spiro atoms. The van der Waals surface area contributed by atoms with E-state index in [2.05, 4.69) is 13.8 Å². The third-order valence-corrected chi connectivity index (χ3v) is 5.65. The van der Waals surface area contributed by atoms with Crippen LogP contribution in [0.15, 0.2) is 54.1 Å². The Morgan fingerprint density at radius 2 is 1.81 bits per heavy atom. The number of rotatable bonds is 7. The molecule has 0 radical (unpaired) electrons. The second kappa shape index (κ2) is 9.35. The fourth-order valence-electron chi connectivity index (χ4n) is 3.79. The maximum absolute atomic E-state index is 13.0. The minimum atomic E-state index is -0.660. The molecule has 2 aromatic rings. The van der Waals surface area contributed by atoms with E-state index in [-0.39, 0.29) is 11.3 Å². The number of benzene rings is 2. The van der Waals surface area contributed by atoms with Crippen molar-refractivity contribution in [2.75, 3.05) is 34.3 Å². The van der Waals surface area contributed by atoms with Crippen molar-refractivity contribution in [2.45, 2.75) is 25.8 Å². The van der Waals surface area contributed by atoms with Crippen LogP contribution in [0, 0.1) is 0 Å². The summed E-state index contributed by atoms with van der Waals surface area (Å²) in [4.78, 5) is 28.7. The molecule has 3 rings (SSSR count). The Morgan fingerprint density at radius 3 is 2.39 bits per heavy atom.